The molecule has 2 heterocycles. The maximum Gasteiger partial charge on any atom is 0.126 e. The number of hydrazone groups is 1. The molecule has 1 N–H and O–H groups in total. The van der Waals surface area contributed by atoms with E-state index in [-0.39, 0.29) is 12.2 Å². The van der Waals surface area contributed by atoms with E-state index in [0.717, 1.165) is 18.7 Å². The Labute approximate surface area is 65.6 Å². The average Bonchev–Trinajstić information content (AvgIpc) is 2.53. The molecule has 2 atom stereocenters. The summed E-state index contributed by atoms with van der Waals surface area (Å²) in [4.78, 5) is 0. The van der Waals surface area contributed by atoms with E-state index in [1.807, 2.05) is 0 Å². The molecule has 2 rings (SSSR count). The first kappa shape index (κ1) is 7.06. The summed E-state index contributed by atoms with van der Waals surface area (Å²) in [7, 11) is 1.79. The molecule has 0 saturated carbocycles. The largest absolute Gasteiger partial charge is 0.369 e. The number of hydrogen-bond donors (Lipinski definition) is 1. The fourth-order valence-electron chi connectivity index (χ4n) is 1.57. The molecule has 0 amide bonds. The van der Waals surface area contributed by atoms with Crippen LogP contribution in [0.15, 0.2) is 5.10 Å². The molecule has 2 aliphatic heterocycles. The number of hydrogen-bond acceptors (Lipinski definition) is 4. The van der Waals surface area contributed by atoms with Crippen molar-refractivity contribution in [2.24, 2.45) is 5.10 Å². The minimum Gasteiger partial charge on any atom is -0.369 e. The van der Waals surface area contributed by atoms with Gasteiger partial charge in [-0.2, -0.15) is 5.10 Å². The summed E-state index contributed by atoms with van der Waals surface area (Å²) in [6.45, 7) is 1.42. The van der Waals surface area contributed by atoms with E-state index in [1.54, 1.807) is 7.05 Å². The third-order valence-electron chi connectivity index (χ3n) is 2.07. The SMILES string of the molecule is CN/N=C1\COC2CCOC12. The molecule has 62 valence electrons. The van der Waals surface area contributed by atoms with E-state index < -0.39 is 0 Å². The molecule has 4 nitrogen and oxygen atoms in total. The molecule has 0 spiro atoms. The maximum absolute atomic E-state index is 5.45. The van der Waals surface area contributed by atoms with Crippen LogP contribution in [0.25, 0.3) is 0 Å². The van der Waals surface area contributed by atoms with Gasteiger partial charge in [-0.15, -0.1) is 0 Å². The van der Waals surface area contributed by atoms with Gasteiger partial charge in [0, 0.05) is 7.05 Å². The van der Waals surface area contributed by atoms with E-state index in [1.165, 1.54) is 0 Å². The first-order valence-electron chi connectivity index (χ1n) is 3.88. The Balaban J connectivity index is 2.08. The molecule has 11 heavy (non-hydrogen) atoms. The highest BCUT2D eigenvalue weighted by molar-refractivity contribution is 5.92. The van der Waals surface area contributed by atoms with Gasteiger partial charge in [0.15, 0.2) is 0 Å². The summed E-state index contributed by atoms with van der Waals surface area (Å²) in [5.74, 6) is 0. The van der Waals surface area contributed by atoms with Crippen molar-refractivity contribution >= 4 is 5.71 Å². The number of nitrogens with zero attached hydrogens (tertiary/aromatic N) is 1. The van der Waals surface area contributed by atoms with Gasteiger partial charge in [-0.05, 0) is 6.42 Å². The Kier molecular flexibility index (Phi) is 1.79. The van der Waals surface area contributed by atoms with Crippen molar-refractivity contribution in [3.63, 3.8) is 0 Å². The number of nitrogens with one attached hydrogen (secondary N) is 1. The molecule has 0 bridgehead atoms. The third kappa shape index (κ3) is 1.12. The van der Waals surface area contributed by atoms with Crippen LogP contribution in [-0.2, 0) is 9.47 Å². The van der Waals surface area contributed by atoms with Crippen molar-refractivity contribution in [1.82, 2.24) is 5.43 Å². The molecule has 0 aromatic carbocycles. The monoisotopic (exact) mass is 156 g/mol. The number of ether oxygens (including phenoxy) is 2. The van der Waals surface area contributed by atoms with Gasteiger partial charge in [0.05, 0.1) is 25.0 Å². The topological polar surface area (TPSA) is 42.9 Å². The van der Waals surface area contributed by atoms with Crippen molar-refractivity contribution in [1.29, 1.82) is 0 Å². The highest BCUT2D eigenvalue weighted by atomic mass is 16.6. The Morgan fingerprint density at radius 1 is 1.55 bits per heavy atom. The smallest absolute Gasteiger partial charge is 0.126 e. The zero-order valence-electron chi connectivity index (χ0n) is 6.54. The predicted molar refractivity (Wildman–Crippen MR) is 40.6 cm³/mol. The van der Waals surface area contributed by atoms with Crippen LogP contribution in [-0.4, -0.2) is 38.2 Å². The lowest BCUT2D eigenvalue weighted by molar-refractivity contribution is 0.0781. The minimum atomic E-state index is 0.127. The second kappa shape index (κ2) is 2.79. The van der Waals surface area contributed by atoms with Gasteiger partial charge < -0.3 is 14.9 Å². The zero-order chi connectivity index (χ0) is 7.68. The van der Waals surface area contributed by atoms with Gasteiger partial charge >= 0.3 is 0 Å². The minimum absolute atomic E-state index is 0.127. The van der Waals surface area contributed by atoms with Crippen LogP contribution in [0, 0.1) is 0 Å². The summed E-state index contributed by atoms with van der Waals surface area (Å²) in [5.41, 5.74) is 3.75. The molecule has 0 radical (unpaired) electrons. The fourth-order valence-corrected chi connectivity index (χ4v) is 1.57. The predicted octanol–water partition coefficient (Wildman–Crippen LogP) is -0.251. The molecule has 4 heteroatoms. The standard InChI is InChI=1S/C7H12N2O2/c1-8-9-5-4-11-6-2-3-10-7(5)6/h6-8H,2-4H2,1H3/b9-5+. The van der Waals surface area contributed by atoms with Crippen molar-refractivity contribution in [3.8, 4) is 0 Å². The molecule has 2 fully saturated rings. The van der Waals surface area contributed by atoms with Crippen LogP contribution < -0.4 is 5.43 Å². The number of fused-ring (bicyclic) bond motifs is 1. The number of rotatable bonds is 1. The molecular weight excluding hydrogens is 144 g/mol. The van der Waals surface area contributed by atoms with Gasteiger partial charge in [0.1, 0.15) is 6.10 Å². The van der Waals surface area contributed by atoms with E-state index in [0.29, 0.717) is 6.61 Å². The van der Waals surface area contributed by atoms with Gasteiger partial charge in [-0.1, -0.05) is 0 Å². The van der Waals surface area contributed by atoms with E-state index in [4.69, 9.17) is 9.47 Å². The third-order valence-corrected chi connectivity index (χ3v) is 2.07. The lowest BCUT2D eigenvalue weighted by Crippen LogP contribution is -2.24. The Morgan fingerprint density at radius 3 is 3.27 bits per heavy atom. The van der Waals surface area contributed by atoms with Crippen molar-refractivity contribution in [2.45, 2.75) is 18.6 Å². The molecule has 0 aliphatic carbocycles. The maximum atomic E-state index is 5.45. The van der Waals surface area contributed by atoms with E-state index >= 15 is 0 Å². The van der Waals surface area contributed by atoms with Gasteiger partial charge in [0.2, 0.25) is 0 Å². The molecule has 2 aliphatic rings. The van der Waals surface area contributed by atoms with E-state index in [2.05, 4.69) is 10.5 Å². The van der Waals surface area contributed by atoms with Crippen LogP contribution >= 0.6 is 0 Å². The quantitative estimate of drug-likeness (QED) is 0.532. The fraction of sp³-hybridized carbons (Fsp3) is 0.857. The molecule has 2 unspecified atom stereocenters. The van der Waals surface area contributed by atoms with Gasteiger partial charge in [0.25, 0.3) is 0 Å². The lowest BCUT2D eigenvalue weighted by Gasteiger charge is -2.05. The first-order chi connectivity index (χ1) is 5.42. The van der Waals surface area contributed by atoms with Crippen LogP contribution in [0.2, 0.25) is 0 Å². The van der Waals surface area contributed by atoms with Gasteiger partial charge in [-0.3, -0.25) is 0 Å². The molecule has 2 saturated heterocycles. The average molecular weight is 156 g/mol. The van der Waals surface area contributed by atoms with Crippen LogP contribution in [0.3, 0.4) is 0 Å². The van der Waals surface area contributed by atoms with Crippen molar-refractivity contribution in [2.75, 3.05) is 20.3 Å². The Bertz CT molecular complexity index is 181. The Hall–Kier alpha value is -0.610. The second-order valence-corrected chi connectivity index (χ2v) is 2.76. The zero-order valence-corrected chi connectivity index (χ0v) is 6.54. The highest BCUT2D eigenvalue weighted by Crippen LogP contribution is 2.23. The lowest BCUT2D eigenvalue weighted by atomic mass is 10.1. The summed E-state index contributed by atoms with van der Waals surface area (Å²) >= 11 is 0. The van der Waals surface area contributed by atoms with Crippen molar-refractivity contribution < 1.29 is 9.47 Å². The molecule has 0 aromatic heterocycles. The van der Waals surface area contributed by atoms with Crippen LogP contribution in [0.5, 0.6) is 0 Å². The molecular formula is C7H12N2O2. The van der Waals surface area contributed by atoms with Crippen LogP contribution in [0.1, 0.15) is 6.42 Å². The Morgan fingerprint density at radius 2 is 2.45 bits per heavy atom. The second-order valence-electron chi connectivity index (χ2n) is 2.76. The summed E-state index contributed by atoms with van der Waals surface area (Å²) < 4.78 is 10.9. The van der Waals surface area contributed by atoms with Crippen LogP contribution in [0.4, 0.5) is 0 Å². The summed E-state index contributed by atoms with van der Waals surface area (Å²) in [6, 6.07) is 0. The summed E-state index contributed by atoms with van der Waals surface area (Å²) in [6.07, 6.45) is 1.40. The normalized spacial score (nSPS) is 39.5. The summed E-state index contributed by atoms with van der Waals surface area (Å²) in [5, 5.41) is 4.08. The van der Waals surface area contributed by atoms with Crippen molar-refractivity contribution in [3.05, 3.63) is 0 Å². The molecule has 0 aromatic rings. The highest BCUT2D eigenvalue weighted by Gasteiger charge is 2.38. The van der Waals surface area contributed by atoms with E-state index in [9.17, 15) is 0 Å². The first-order valence-corrected chi connectivity index (χ1v) is 3.88. The van der Waals surface area contributed by atoms with Gasteiger partial charge in [-0.25, -0.2) is 0 Å².